The van der Waals surface area contributed by atoms with Crippen LogP contribution >= 0.6 is 0 Å². The molecule has 0 radical (unpaired) electrons. The summed E-state index contributed by atoms with van der Waals surface area (Å²) in [4.78, 5) is 13.9. The van der Waals surface area contributed by atoms with Crippen molar-refractivity contribution < 1.29 is 14.6 Å². The predicted octanol–water partition coefficient (Wildman–Crippen LogP) is 2.56. The smallest absolute Gasteiger partial charge is 0.260 e. The summed E-state index contributed by atoms with van der Waals surface area (Å²) in [7, 11) is 0. The van der Waals surface area contributed by atoms with E-state index in [4.69, 9.17) is 4.74 Å². The average Bonchev–Trinajstić information content (AvgIpc) is 2.43. The molecule has 1 amide bonds. The van der Waals surface area contributed by atoms with Crippen LogP contribution in [0, 0.1) is 0 Å². The Bertz CT molecular complexity index is 497. The molecule has 0 saturated carbocycles. The largest absolute Gasteiger partial charge is 0.483 e. The van der Waals surface area contributed by atoms with Crippen LogP contribution in [0.15, 0.2) is 24.3 Å². The van der Waals surface area contributed by atoms with Gasteiger partial charge in [-0.15, -0.1) is 0 Å². The van der Waals surface area contributed by atoms with Crippen molar-refractivity contribution >= 4 is 5.91 Å². The minimum atomic E-state index is -0.774. The fourth-order valence-electron chi connectivity index (χ4n) is 2.75. The maximum Gasteiger partial charge on any atom is 0.260 e. The number of para-hydroxylation sites is 1. The minimum absolute atomic E-state index is 0.0276. The zero-order valence-electron chi connectivity index (χ0n) is 13.1. The van der Waals surface area contributed by atoms with Crippen molar-refractivity contribution in [3.63, 3.8) is 0 Å². The molecule has 1 aromatic carbocycles. The molecule has 4 heteroatoms. The second-order valence-electron chi connectivity index (χ2n) is 6.40. The molecule has 116 valence electrons. The molecule has 1 N–H and O–H groups in total. The topological polar surface area (TPSA) is 49.8 Å². The second-order valence-corrected chi connectivity index (χ2v) is 6.40. The highest BCUT2D eigenvalue weighted by Gasteiger charge is 2.31. The van der Waals surface area contributed by atoms with Gasteiger partial charge in [0.05, 0.1) is 5.60 Å². The minimum Gasteiger partial charge on any atom is -0.483 e. The lowest BCUT2D eigenvalue weighted by molar-refractivity contribution is -0.139. The highest BCUT2D eigenvalue weighted by atomic mass is 16.5. The molecule has 1 aliphatic heterocycles. The van der Waals surface area contributed by atoms with Gasteiger partial charge >= 0.3 is 0 Å². The van der Waals surface area contributed by atoms with Crippen molar-refractivity contribution in [3.05, 3.63) is 29.8 Å². The van der Waals surface area contributed by atoms with Gasteiger partial charge in [0.1, 0.15) is 5.75 Å². The molecule has 2 rings (SSSR count). The Morgan fingerprint density at radius 1 is 1.43 bits per heavy atom. The van der Waals surface area contributed by atoms with Crippen LogP contribution in [0.4, 0.5) is 0 Å². The maximum atomic E-state index is 12.2. The van der Waals surface area contributed by atoms with Crippen molar-refractivity contribution in [1.29, 1.82) is 0 Å². The lowest BCUT2D eigenvalue weighted by atomic mass is 9.95. The van der Waals surface area contributed by atoms with Crippen LogP contribution < -0.4 is 4.74 Å². The van der Waals surface area contributed by atoms with Crippen LogP contribution in [0.2, 0.25) is 0 Å². The van der Waals surface area contributed by atoms with Gasteiger partial charge in [0.2, 0.25) is 0 Å². The normalized spacial score (nSPS) is 22.4. The maximum absolute atomic E-state index is 12.2. The highest BCUT2D eigenvalue weighted by Crippen LogP contribution is 2.26. The summed E-state index contributed by atoms with van der Waals surface area (Å²) in [6.45, 7) is 7.10. The van der Waals surface area contributed by atoms with Crippen molar-refractivity contribution in [2.45, 2.75) is 45.1 Å². The molecule has 21 heavy (non-hydrogen) atoms. The molecule has 0 aromatic heterocycles. The molecule has 1 unspecified atom stereocenters. The van der Waals surface area contributed by atoms with E-state index in [1.54, 1.807) is 11.8 Å². The first-order chi connectivity index (χ1) is 9.89. The number of hydrogen-bond acceptors (Lipinski definition) is 3. The van der Waals surface area contributed by atoms with E-state index < -0.39 is 5.60 Å². The number of amides is 1. The Labute approximate surface area is 126 Å². The van der Waals surface area contributed by atoms with E-state index in [2.05, 4.69) is 13.8 Å². The van der Waals surface area contributed by atoms with E-state index >= 15 is 0 Å². The third-order valence-electron chi connectivity index (χ3n) is 3.92. The van der Waals surface area contributed by atoms with Gasteiger partial charge in [-0.25, -0.2) is 0 Å². The van der Waals surface area contributed by atoms with E-state index in [0.29, 0.717) is 19.0 Å². The van der Waals surface area contributed by atoms with Crippen LogP contribution in [0.1, 0.15) is 45.1 Å². The van der Waals surface area contributed by atoms with Gasteiger partial charge in [-0.3, -0.25) is 4.79 Å². The number of likely N-dealkylation sites (tertiary alicyclic amines) is 1. The Morgan fingerprint density at radius 2 is 2.14 bits per heavy atom. The molecule has 1 aromatic rings. The molecule has 1 fully saturated rings. The number of aliphatic hydroxyl groups is 1. The summed E-state index contributed by atoms with van der Waals surface area (Å²) in [5, 5.41) is 10.1. The number of benzene rings is 1. The number of ether oxygens (including phenoxy) is 1. The first kappa shape index (κ1) is 15.8. The fourth-order valence-corrected chi connectivity index (χ4v) is 2.75. The number of carbonyl (C=O) groups is 1. The first-order valence-electron chi connectivity index (χ1n) is 7.61. The number of carbonyl (C=O) groups excluding carboxylic acids is 1. The number of nitrogens with zero attached hydrogens (tertiary/aromatic N) is 1. The standard InChI is InChI=1S/C17H25NO3/c1-13(2)14-7-4-5-8-15(14)21-11-16(19)18-10-6-9-17(3,20)12-18/h4-5,7-8,13,20H,6,9-12H2,1-3H3. The molecule has 0 spiro atoms. The summed E-state index contributed by atoms with van der Waals surface area (Å²) in [5.74, 6) is 1.06. The van der Waals surface area contributed by atoms with Crippen LogP contribution in [0.3, 0.4) is 0 Å². The van der Waals surface area contributed by atoms with Crippen molar-refractivity contribution in [1.82, 2.24) is 4.90 Å². The molecular formula is C17H25NO3. The van der Waals surface area contributed by atoms with E-state index in [-0.39, 0.29) is 12.5 Å². The predicted molar refractivity (Wildman–Crippen MR) is 82.5 cm³/mol. The second kappa shape index (κ2) is 6.48. The van der Waals surface area contributed by atoms with Crippen LogP contribution in [-0.2, 0) is 4.79 Å². The third-order valence-corrected chi connectivity index (χ3v) is 3.92. The lowest BCUT2D eigenvalue weighted by Gasteiger charge is -2.36. The van der Waals surface area contributed by atoms with Crippen molar-refractivity contribution in [2.24, 2.45) is 0 Å². The van der Waals surface area contributed by atoms with Gasteiger partial charge in [-0.2, -0.15) is 0 Å². The van der Waals surface area contributed by atoms with E-state index in [1.807, 2.05) is 24.3 Å². The Balaban J connectivity index is 1.95. The third kappa shape index (κ3) is 4.21. The highest BCUT2D eigenvalue weighted by molar-refractivity contribution is 5.78. The summed E-state index contributed by atoms with van der Waals surface area (Å²) in [6.07, 6.45) is 1.58. The Morgan fingerprint density at radius 3 is 2.81 bits per heavy atom. The van der Waals surface area contributed by atoms with Crippen LogP contribution in [0.5, 0.6) is 5.75 Å². The van der Waals surface area contributed by atoms with Crippen LogP contribution in [0.25, 0.3) is 0 Å². The van der Waals surface area contributed by atoms with Gasteiger partial charge < -0.3 is 14.7 Å². The van der Waals surface area contributed by atoms with E-state index in [0.717, 1.165) is 24.2 Å². The molecule has 4 nitrogen and oxygen atoms in total. The summed E-state index contributed by atoms with van der Waals surface area (Å²) < 4.78 is 5.71. The van der Waals surface area contributed by atoms with Gasteiger partial charge in [0.25, 0.3) is 5.91 Å². The zero-order chi connectivity index (χ0) is 15.5. The lowest BCUT2D eigenvalue weighted by Crippen LogP contribution is -2.49. The molecule has 0 aliphatic carbocycles. The summed E-state index contributed by atoms with van der Waals surface area (Å²) in [6, 6.07) is 7.81. The Hall–Kier alpha value is -1.55. The Kier molecular flexibility index (Phi) is 4.88. The molecule has 1 aliphatic rings. The summed E-state index contributed by atoms with van der Waals surface area (Å²) >= 11 is 0. The quantitative estimate of drug-likeness (QED) is 0.927. The first-order valence-corrected chi connectivity index (χ1v) is 7.61. The molecule has 1 heterocycles. The molecule has 1 saturated heterocycles. The average molecular weight is 291 g/mol. The van der Waals surface area contributed by atoms with Gasteiger partial charge in [-0.1, -0.05) is 32.0 Å². The van der Waals surface area contributed by atoms with Gasteiger partial charge in [-0.05, 0) is 37.3 Å². The SMILES string of the molecule is CC(C)c1ccccc1OCC(=O)N1CCCC(C)(O)C1. The van der Waals surface area contributed by atoms with Crippen LogP contribution in [-0.4, -0.2) is 41.2 Å². The zero-order valence-corrected chi connectivity index (χ0v) is 13.1. The fraction of sp³-hybridized carbons (Fsp3) is 0.588. The molecule has 1 atom stereocenters. The molecule has 0 bridgehead atoms. The molecular weight excluding hydrogens is 266 g/mol. The number of hydrogen-bond donors (Lipinski definition) is 1. The monoisotopic (exact) mass is 291 g/mol. The number of rotatable bonds is 4. The van der Waals surface area contributed by atoms with Gasteiger partial charge in [0.15, 0.2) is 6.61 Å². The van der Waals surface area contributed by atoms with E-state index in [1.165, 1.54) is 0 Å². The number of piperidine rings is 1. The van der Waals surface area contributed by atoms with Gasteiger partial charge in [0, 0.05) is 13.1 Å². The number of β-amino-alcohol motifs (C(OH)–C–C–N with tert-alkyl or cyclic N) is 1. The van der Waals surface area contributed by atoms with E-state index in [9.17, 15) is 9.90 Å². The van der Waals surface area contributed by atoms with Crippen molar-refractivity contribution in [2.75, 3.05) is 19.7 Å². The van der Waals surface area contributed by atoms with Crippen molar-refractivity contribution in [3.8, 4) is 5.75 Å². The summed E-state index contributed by atoms with van der Waals surface area (Å²) in [5.41, 5.74) is 0.333.